The molecule has 186 valence electrons. The molecule has 1 aliphatic heterocycles. The van der Waals surface area contributed by atoms with Crippen molar-refractivity contribution >= 4 is 36.8 Å². The maximum atomic E-state index is 13.3. The van der Waals surface area contributed by atoms with E-state index in [1.807, 2.05) is 17.7 Å². The highest BCUT2D eigenvalue weighted by atomic mass is 28.3. The Morgan fingerprint density at radius 2 is 1.97 bits per heavy atom. The number of ketones is 1. The fourth-order valence-corrected chi connectivity index (χ4v) is 5.39. The van der Waals surface area contributed by atoms with E-state index >= 15 is 0 Å². The van der Waals surface area contributed by atoms with Gasteiger partial charge in [0, 0.05) is 51.0 Å². The van der Waals surface area contributed by atoms with E-state index in [2.05, 4.69) is 34.9 Å². The Kier molecular flexibility index (Phi) is 7.27. The third-order valence-electron chi connectivity index (χ3n) is 7.09. The van der Waals surface area contributed by atoms with Gasteiger partial charge in [-0.05, 0) is 38.7 Å². The van der Waals surface area contributed by atoms with E-state index in [1.54, 1.807) is 0 Å². The minimum Gasteiger partial charge on any atom is -0.465 e. The molecule has 2 aromatic heterocycles. The number of likely N-dealkylation sites (tertiary alicyclic amines) is 1. The maximum absolute atomic E-state index is 13.3. The maximum Gasteiger partial charge on any atom is 0.407 e. The number of fused-ring (bicyclic) bond motifs is 1. The molecule has 3 heterocycles. The zero-order valence-electron chi connectivity index (χ0n) is 20.7. The van der Waals surface area contributed by atoms with E-state index in [9.17, 15) is 14.7 Å². The number of carbonyl (C=O) groups is 2. The number of hydrogen-bond donors (Lipinski definition) is 2. The van der Waals surface area contributed by atoms with Gasteiger partial charge in [0.2, 0.25) is 0 Å². The number of Topliss-reactive ketones (excluding diaryl/α,β-unsaturated/α-hetero) is 1. The van der Waals surface area contributed by atoms with Gasteiger partial charge in [-0.3, -0.25) is 4.79 Å². The van der Waals surface area contributed by atoms with Crippen LogP contribution in [0.1, 0.15) is 49.4 Å². The van der Waals surface area contributed by atoms with E-state index in [1.165, 1.54) is 11.2 Å². The van der Waals surface area contributed by atoms with Crippen molar-refractivity contribution in [3.8, 4) is 0 Å². The van der Waals surface area contributed by atoms with Crippen LogP contribution in [0.3, 0.4) is 0 Å². The van der Waals surface area contributed by atoms with Crippen LogP contribution in [0.2, 0.25) is 25.7 Å². The normalized spacial score (nSPS) is 21.5. The smallest absolute Gasteiger partial charge is 0.407 e. The van der Waals surface area contributed by atoms with Crippen molar-refractivity contribution in [1.82, 2.24) is 19.4 Å². The number of carboxylic acid groups (broad SMARTS) is 1. The second-order valence-corrected chi connectivity index (χ2v) is 16.6. The van der Waals surface area contributed by atoms with Gasteiger partial charge in [-0.15, -0.1) is 0 Å². The number of piperidine rings is 1. The molecule has 1 saturated heterocycles. The molecule has 10 heteroatoms. The van der Waals surface area contributed by atoms with Crippen molar-refractivity contribution < 1.29 is 19.4 Å². The molecule has 0 unspecified atom stereocenters. The van der Waals surface area contributed by atoms with Crippen molar-refractivity contribution in [2.24, 2.45) is 5.92 Å². The fourth-order valence-electron chi connectivity index (χ4n) is 4.63. The van der Waals surface area contributed by atoms with Gasteiger partial charge < -0.3 is 24.6 Å². The summed E-state index contributed by atoms with van der Waals surface area (Å²) in [5, 5.41) is 13.7. The average molecular weight is 488 g/mol. The van der Waals surface area contributed by atoms with Gasteiger partial charge in [0.25, 0.3) is 0 Å². The Hall–Kier alpha value is -2.46. The molecular weight excluding hydrogens is 450 g/mol. The summed E-state index contributed by atoms with van der Waals surface area (Å²) in [6.45, 7) is 10.3. The topological polar surface area (TPSA) is 110 Å². The molecule has 34 heavy (non-hydrogen) atoms. The summed E-state index contributed by atoms with van der Waals surface area (Å²) >= 11 is 0. The molecule has 2 N–H and O–H groups in total. The highest BCUT2D eigenvalue weighted by molar-refractivity contribution is 6.76. The van der Waals surface area contributed by atoms with Gasteiger partial charge in [0.1, 0.15) is 24.5 Å². The van der Waals surface area contributed by atoms with Gasteiger partial charge in [-0.25, -0.2) is 14.8 Å². The van der Waals surface area contributed by atoms with Crippen molar-refractivity contribution in [3.05, 3.63) is 18.1 Å². The molecule has 0 aromatic carbocycles. The number of carbonyl (C=O) groups excluding carboxylic acids is 1. The highest BCUT2D eigenvalue weighted by Gasteiger charge is 2.32. The number of nitrogens with one attached hydrogen (secondary N) is 1. The van der Waals surface area contributed by atoms with Crippen LogP contribution in [-0.4, -0.2) is 69.7 Å². The average Bonchev–Trinajstić information content (AvgIpc) is 3.10. The van der Waals surface area contributed by atoms with Gasteiger partial charge in [-0.2, -0.15) is 0 Å². The molecule has 0 spiro atoms. The lowest BCUT2D eigenvalue weighted by molar-refractivity contribution is 0.0847. The molecule has 9 nitrogen and oxygen atoms in total. The number of ether oxygens (including phenoxy) is 1. The lowest BCUT2D eigenvalue weighted by atomic mass is 9.80. The van der Waals surface area contributed by atoms with E-state index in [0.29, 0.717) is 42.3 Å². The van der Waals surface area contributed by atoms with Crippen LogP contribution in [0.5, 0.6) is 0 Å². The Morgan fingerprint density at radius 3 is 2.62 bits per heavy atom. The van der Waals surface area contributed by atoms with E-state index in [4.69, 9.17) is 4.74 Å². The fraction of sp³-hybridized carbons (Fsp3) is 0.667. The number of amides is 1. The molecule has 2 fully saturated rings. The van der Waals surface area contributed by atoms with Crippen molar-refractivity contribution in [2.45, 2.75) is 83.5 Å². The van der Waals surface area contributed by atoms with Gasteiger partial charge >= 0.3 is 6.09 Å². The first-order valence-corrected chi connectivity index (χ1v) is 16.1. The summed E-state index contributed by atoms with van der Waals surface area (Å²) in [4.78, 5) is 35.4. The number of hydrogen-bond acceptors (Lipinski definition) is 6. The lowest BCUT2D eigenvalue weighted by Gasteiger charge is -2.36. The third-order valence-corrected chi connectivity index (χ3v) is 8.79. The van der Waals surface area contributed by atoms with Gasteiger partial charge in [0.15, 0.2) is 5.78 Å². The van der Waals surface area contributed by atoms with Crippen LogP contribution in [0.4, 0.5) is 10.6 Å². The molecule has 1 aliphatic carbocycles. The minimum absolute atomic E-state index is 0.00823. The van der Waals surface area contributed by atoms with Gasteiger partial charge in [0.05, 0.1) is 5.39 Å². The molecule has 2 aliphatic rings. The quantitative estimate of drug-likeness (QED) is 0.300. The Balaban J connectivity index is 1.61. The zero-order chi connectivity index (χ0) is 24.5. The highest BCUT2D eigenvalue weighted by Crippen LogP contribution is 2.35. The number of nitrogens with zero attached hydrogens (tertiary/aromatic N) is 4. The predicted molar refractivity (Wildman–Crippen MR) is 134 cm³/mol. The summed E-state index contributed by atoms with van der Waals surface area (Å²) in [6.07, 6.45) is 7.00. The SMILES string of the molecule is C[C@H]1CC[C@@H](Nc2ncnc3c2c(C(=O)C2CCC2)cn3COCC[Si](C)(C)C)CN1C(=O)O. The van der Waals surface area contributed by atoms with E-state index in [0.717, 1.165) is 38.1 Å². The monoisotopic (exact) mass is 487 g/mol. The number of anilines is 1. The van der Waals surface area contributed by atoms with Crippen LogP contribution < -0.4 is 5.32 Å². The molecule has 2 atom stereocenters. The first kappa shape index (κ1) is 24.7. The van der Waals surface area contributed by atoms with Crippen molar-refractivity contribution in [1.29, 1.82) is 0 Å². The molecule has 2 aromatic rings. The molecule has 0 radical (unpaired) electrons. The second kappa shape index (κ2) is 10.0. The van der Waals surface area contributed by atoms with Crippen LogP contribution in [0.15, 0.2) is 12.5 Å². The molecular formula is C24H37N5O4Si. The predicted octanol–water partition coefficient (Wildman–Crippen LogP) is 4.67. The summed E-state index contributed by atoms with van der Waals surface area (Å²) in [5.74, 6) is 0.788. The molecule has 1 amide bonds. The van der Waals surface area contributed by atoms with Crippen LogP contribution in [0, 0.1) is 5.92 Å². The summed E-state index contributed by atoms with van der Waals surface area (Å²) in [6, 6.07) is 0.988. The minimum atomic E-state index is -1.20. The first-order chi connectivity index (χ1) is 16.1. The third kappa shape index (κ3) is 5.43. The Labute approximate surface area is 201 Å². The van der Waals surface area contributed by atoms with Crippen LogP contribution in [-0.2, 0) is 11.5 Å². The standard InChI is InChI=1S/C24H37N5O4Si/c1-16-8-9-18(12-29(16)24(31)32)27-22-20-19(21(30)17-6-5-7-17)13-28(23(20)26-14-25-22)15-33-10-11-34(2,3)4/h13-14,16-18H,5-12,15H2,1-4H3,(H,31,32)(H,25,26,27)/t16-,18+/m0/s1. The molecule has 1 saturated carbocycles. The summed E-state index contributed by atoms with van der Waals surface area (Å²) in [5.41, 5.74) is 1.31. The second-order valence-electron chi connectivity index (χ2n) is 11.0. The lowest BCUT2D eigenvalue weighted by Crippen LogP contribution is -2.49. The largest absolute Gasteiger partial charge is 0.465 e. The van der Waals surface area contributed by atoms with Crippen molar-refractivity contribution in [2.75, 3.05) is 18.5 Å². The first-order valence-electron chi connectivity index (χ1n) is 12.4. The Bertz CT molecular complexity index is 1050. The summed E-state index contributed by atoms with van der Waals surface area (Å²) < 4.78 is 7.88. The molecule has 4 rings (SSSR count). The van der Waals surface area contributed by atoms with Crippen molar-refractivity contribution in [3.63, 3.8) is 0 Å². The summed E-state index contributed by atoms with van der Waals surface area (Å²) in [7, 11) is -1.20. The molecule has 0 bridgehead atoms. The zero-order valence-corrected chi connectivity index (χ0v) is 21.7. The van der Waals surface area contributed by atoms with E-state index in [-0.39, 0.29) is 23.8 Å². The van der Waals surface area contributed by atoms with E-state index < -0.39 is 14.2 Å². The number of rotatable bonds is 9. The van der Waals surface area contributed by atoms with Crippen LogP contribution in [0.25, 0.3) is 11.0 Å². The van der Waals surface area contributed by atoms with Crippen LogP contribution >= 0.6 is 0 Å². The Morgan fingerprint density at radius 1 is 1.21 bits per heavy atom. The van der Waals surface area contributed by atoms with Gasteiger partial charge in [-0.1, -0.05) is 26.1 Å². The number of aromatic nitrogens is 3.